The van der Waals surface area contributed by atoms with E-state index in [1.807, 2.05) is 0 Å². The van der Waals surface area contributed by atoms with Crippen LogP contribution in [-0.4, -0.2) is 24.7 Å². The molecular formula is C17H14F4O3. The maximum absolute atomic E-state index is 13.2. The molecule has 0 saturated heterocycles. The zero-order valence-corrected chi connectivity index (χ0v) is 12.4. The van der Waals surface area contributed by atoms with Gasteiger partial charge in [0.15, 0.2) is 0 Å². The highest BCUT2D eigenvalue weighted by molar-refractivity contribution is 5.48. The van der Waals surface area contributed by atoms with Gasteiger partial charge < -0.3 is 14.6 Å². The molecule has 1 heterocycles. The largest absolute Gasteiger partial charge is 0.573 e. The van der Waals surface area contributed by atoms with Gasteiger partial charge in [0, 0.05) is 17.4 Å². The van der Waals surface area contributed by atoms with E-state index >= 15 is 0 Å². The summed E-state index contributed by atoms with van der Waals surface area (Å²) >= 11 is 0. The molecular weight excluding hydrogens is 328 g/mol. The molecule has 2 atom stereocenters. The second-order valence-electron chi connectivity index (χ2n) is 5.53. The van der Waals surface area contributed by atoms with Crippen LogP contribution in [0.15, 0.2) is 42.5 Å². The van der Waals surface area contributed by atoms with Crippen molar-refractivity contribution in [3.63, 3.8) is 0 Å². The number of ether oxygens (including phenoxy) is 2. The Hall–Kier alpha value is -2.28. The molecule has 0 aromatic heterocycles. The predicted molar refractivity (Wildman–Crippen MR) is 77.4 cm³/mol. The van der Waals surface area contributed by atoms with Crippen molar-refractivity contribution in [2.75, 3.05) is 13.2 Å². The molecule has 1 aliphatic rings. The number of aliphatic hydroxyl groups is 1. The van der Waals surface area contributed by atoms with Crippen LogP contribution in [0, 0.1) is 11.7 Å². The minimum Gasteiger partial charge on any atom is -0.493 e. The van der Waals surface area contributed by atoms with Gasteiger partial charge >= 0.3 is 6.36 Å². The van der Waals surface area contributed by atoms with Gasteiger partial charge in [-0.15, -0.1) is 13.2 Å². The summed E-state index contributed by atoms with van der Waals surface area (Å²) in [7, 11) is 0. The molecule has 128 valence electrons. The van der Waals surface area contributed by atoms with E-state index in [4.69, 9.17) is 4.74 Å². The molecule has 2 aromatic rings. The second-order valence-corrected chi connectivity index (χ2v) is 5.53. The Morgan fingerprint density at radius 1 is 1.12 bits per heavy atom. The van der Waals surface area contributed by atoms with Gasteiger partial charge in [0.2, 0.25) is 0 Å². The number of hydrogen-bond donors (Lipinski definition) is 1. The van der Waals surface area contributed by atoms with Crippen LogP contribution >= 0.6 is 0 Å². The quantitative estimate of drug-likeness (QED) is 0.861. The van der Waals surface area contributed by atoms with Crippen molar-refractivity contribution in [2.45, 2.75) is 12.3 Å². The van der Waals surface area contributed by atoms with Crippen LogP contribution < -0.4 is 9.47 Å². The number of rotatable bonds is 3. The molecule has 1 aliphatic heterocycles. The van der Waals surface area contributed by atoms with E-state index in [1.165, 1.54) is 30.3 Å². The number of benzene rings is 2. The summed E-state index contributed by atoms with van der Waals surface area (Å²) in [6, 6.07) is 9.47. The maximum atomic E-state index is 13.2. The van der Waals surface area contributed by atoms with Crippen LogP contribution in [-0.2, 0) is 0 Å². The molecule has 1 unspecified atom stereocenters. The number of alkyl halides is 3. The van der Waals surface area contributed by atoms with Gasteiger partial charge in [0.25, 0.3) is 0 Å². The van der Waals surface area contributed by atoms with Gasteiger partial charge in [-0.05, 0) is 35.9 Å². The molecule has 0 saturated carbocycles. The highest BCUT2D eigenvalue weighted by Gasteiger charge is 2.35. The van der Waals surface area contributed by atoms with Crippen LogP contribution in [0.3, 0.4) is 0 Å². The topological polar surface area (TPSA) is 38.7 Å². The van der Waals surface area contributed by atoms with Crippen LogP contribution in [0.2, 0.25) is 0 Å². The molecule has 0 bridgehead atoms. The van der Waals surface area contributed by atoms with E-state index in [0.29, 0.717) is 16.9 Å². The summed E-state index contributed by atoms with van der Waals surface area (Å²) in [5.41, 5.74) is 1.15. The number of fused-ring (bicyclic) bond motifs is 1. The van der Waals surface area contributed by atoms with Gasteiger partial charge in [0.05, 0.1) is 13.2 Å². The number of aliphatic hydroxyl groups excluding tert-OH is 1. The molecule has 3 rings (SSSR count). The summed E-state index contributed by atoms with van der Waals surface area (Å²) in [4.78, 5) is 0. The van der Waals surface area contributed by atoms with Gasteiger partial charge in [-0.2, -0.15) is 0 Å². The fraction of sp³-hybridized carbons (Fsp3) is 0.294. The normalized spacial score (nSPS) is 20.2. The predicted octanol–water partition coefficient (Wildman–Crippen LogP) is 3.86. The van der Waals surface area contributed by atoms with Gasteiger partial charge in [-0.3, -0.25) is 0 Å². The van der Waals surface area contributed by atoms with E-state index in [9.17, 15) is 22.7 Å². The van der Waals surface area contributed by atoms with E-state index in [2.05, 4.69) is 4.74 Å². The summed E-state index contributed by atoms with van der Waals surface area (Å²) in [5, 5.41) is 9.59. The van der Waals surface area contributed by atoms with Crippen molar-refractivity contribution in [1.82, 2.24) is 0 Å². The minimum atomic E-state index is -4.80. The SMILES string of the molecule is OCC1COc2ccc(OC(F)(F)F)cc2[C@H]1c1ccc(F)cc1. The Bertz CT molecular complexity index is 713. The second kappa shape index (κ2) is 6.32. The lowest BCUT2D eigenvalue weighted by Gasteiger charge is -2.33. The molecule has 0 spiro atoms. The maximum Gasteiger partial charge on any atom is 0.573 e. The third-order valence-electron chi connectivity index (χ3n) is 3.94. The summed E-state index contributed by atoms with van der Waals surface area (Å²) < 4.78 is 60.0. The Morgan fingerprint density at radius 2 is 1.83 bits per heavy atom. The van der Waals surface area contributed by atoms with Crippen LogP contribution in [0.1, 0.15) is 17.0 Å². The van der Waals surface area contributed by atoms with Crippen molar-refractivity contribution in [3.05, 3.63) is 59.4 Å². The third kappa shape index (κ3) is 3.46. The Kier molecular flexibility index (Phi) is 4.36. The van der Waals surface area contributed by atoms with Crippen molar-refractivity contribution in [3.8, 4) is 11.5 Å². The number of hydrogen-bond acceptors (Lipinski definition) is 3. The third-order valence-corrected chi connectivity index (χ3v) is 3.94. The minimum absolute atomic E-state index is 0.213. The zero-order valence-electron chi connectivity index (χ0n) is 12.4. The number of halogens is 4. The van der Waals surface area contributed by atoms with E-state index < -0.39 is 18.1 Å². The molecule has 0 fully saturated rings. The first-order chi connectivity index (χ1) is 11.4. The molecule has 0 aliphatic carbocycles. The molecule has 3 nitrogen and oxygen atoms in total. The first-order valence-corrected chi connectivity index (χ1v) is 7.26. The standard InChI is InChI=1S/C17H14F4O3/c18-12-3-1-10(2-4-12)16-11(8-22)9-23-15-6-5-13(7-14(15)16)24-17(19,20)21/h1-7,11,16,22H,8-9H2/t11?,16-/m0/s1. The molecule has 0 amide bonds. The molecule has 2 aromatic carbocycles. The highest BCUT2D eigenvalue weighted by atomic mass is 19.4. The Morgan fingerprint density at radius 3 is 2.46 bits per heavy atom. The lowest BCUT2D eigenvalue weighted by Crippen LogP contribution is -2.29. The van der Waals surface area contributed by atoms with E-state index in [-0.39, 0.29) is 24.9 Å². The average molecular weight is 342 g/mol. The molecule has 7 heteroatoms. The van der Waals surface area contributed by atoms with Crippen molar-refractivity contribution in [1.29, 1.82) is 0 Å². The zero-order chi connectivity index (χ0) is 17.3. The summed E-state index contributed by atoms with van der Waals surface area (Å²) in [6.45, 7) is -0.00312. The van der Waals surface area contributed by atoms with Crippen LogP contribution in [0.25, 0.3) is 0 Å². The van der Waals surface area contributed by atoms with Crippen molar-refractivity contribution in [2.24, 2.45) is 5.92 Å². The van der Waals surface area contributed by atoms with Crippen LogP contribution in [0.4, 0.5) is 17.6 Å². The first kappa shape index (κ1) is 16.6. The lowest BCUT2D eigenvalue weighted by molar-refractivity contribution is -0.274. The fourth-order valence-corrected chi connectivity index (χ4v) is 2.93. The Labute approximate surface area is 135 Å². The average Bonchev–Trinajstić information content (AvgIpc) is 2.53. The van der Waals surface area contributed by atoms with E-state index in [0.717, 1.165) is 0 Å². The molecule has 1 N–H and O–H groups in total. The van der Waals surface area contributed by atoms with E-state index in [1.54, 1.807) is 12.1 Å². The van der Waals surface area contributed by atoms with Crippen molar-refractivity contribution < 1.29 is 32.1 Å². The van der Waals surface area contributed by atoms with Crippen molar-refractivity contribution >= 4 is 0 Å². The Balaban J connectivity index is 2.04. The lowest BCUT2D eigenvalue weighted by atomic mass is 9.79. The van der Waals surface area contributed by atoms with Crippen LogP contribution in [0.5, 0.6) is 11.5 Å². The van der Waals surface area contributed by atoms with Gasteiger partial charge in [-0.1, -0.05) is 12.1 Å². The first-order valence-electron chi connectivity index (χ1n) is 7.26. The highest BCUT2D eigenvalue weighted by Crippen LogP contribution is 2.43. The summed E-state index contributed by atoms with van der Waals surface area (Å²) in [5.74, 6) is -1.14. The monoisotopic (exact) mass is 342 g/mol. The van der Waals surface area contributed by atoms with Gasteiger partial charge in [-0.25, -0.2) is 4.39 Å². The smallest absolute Gasteiger partial charge is 0.493 e. The molecule has 0 radical (unpaired) electrons. The van der Waals surface area contributed by atoms with Gasteiger partial charge in [0.1, 0.15) is 17.3 Å². The molecule has 24 heavy (non-hydrogen) atoms. The fourth-order valence-electron chi connectivity index (χ4n) is 2.93. The summed E-state index contributed by atoms with van der Waals surface area (Å²) in [6.07, 6.45) is -4.80.